The van der Waals surface area contributed by atoms with E-state index in [2.05, 4.69) is 15.2 Å². The van der Waals surface area contributed by atoms with Crippen molar-refractivity contribution in [3.8, 4) is 0 Å². The lowest BCUT2D eigenvalue weighted by molar-refractivity contribution is 0.126. The number of nitrogens with zero attached hydrogens (tertiary/aromatic N) is 4. The van der Waals surface area contributed by atoms with Gasteiger partial charge >= 0.3 is 0 Å². The van der Waals surface area contributed by atoms with Gasteiger partial charge in [0.1, 0.15) is 6.10 Å². The second kappa shape index (κ2) is 6.72. The number of hydrogen-bond donors (Lipinski definition) is 0. The summed E-state index contributed by atoms with van der Waals surface area (Å²) in [6.45, 7) is 0.622. The SMILES string of the molecule is COC(c1ccccc1)c1noc(CCn2cc(Cl)cn2)n1. The molecule has 7 heteroatoms. The van der Waals surface area contributed by atoms with Crippen LogP contribution in [0.25, 0.3) is 0 Å². The van der Waals surface area contributed by atoms with Crippen LogP contribution in [0.15, 0.2) is 47.2 Å². The number of halogens is 1. The number of ether oxygens (including phenoxy) is 1. The molecule has 1 aromatic carbocycles. The van der Waals surface area contributed by atoms with E-state index >= 15 is 0 Å². The Morgan fingerprint density at radius 2 is 2.14 bits per heavy atom. The van der Waals surface area contributed by atoms with Crippen LogP contribution in [0.2, 0.25) is 5.02 Å². The van der Waals surface area contributed by atoms with Crippen LogP contribution in [0.4, 0.5) is 0 Å². The molecule has 0 saturated heterocycles. The molecule has 22 heavy (non-hydrogen) atoms. The molecule has 0 fully saturated rings. The van der Waals surface area contributed by atoms with Gasteiger partial charge in [0.25, 0.3) is 0 Å². The molecule has 2 heterocycles. The lowest BCUT2D eigenvalue weighted by atomic mass is 10.1. The molecule has 3 aromatic rings. The number of hydrogen-bond acceptors (Lipinski definition) is 5. The number of aromatic nitrogens is 4. The second-order valence-corrected chi connectivity index (χ2v) is 5.18. The first-order valence-corrected chi connectivity index (χ1v) is 7.22. The van der Waals surface area contributed by atoms with Gasteiger partial charge < -0.3 is 9.26 Å². The summed E-state index contributed by atoms with van der Waals surface area (Å²) in [7, 11) is 1.62. The van der Waals surface area contributed by atoms with Crippen molar-refractivity contribution in [1.82, 2.24) is 19.9 Å². The average molecular weight is 319 g/mol. The van der Waals surface area contributed by atoms with Crippen LogP contribution >= 0.6 is 11.6 Å². The van der Waals surface area contributed by atoms with Gasteiger partial charge in [-0.05, 0) is 5.56 Å². The summed E-state index contributed by atoms with van der Waals surface area (Å²) in [6, 6.07) is 9.78. The third kappa shape index (κ3) is 3.35. The zero-order chi connectivity index (χ0) is 15.4. The molecule has 0 radical (unpaired) electrons. The Morgan fingerprint density at radius 3 is 2.82 bits per heavy atom. The van der Waals surface area contributed by atoms with E-state index < -0.39 is 0 Å². The quantitative estimate of drug-likeness (QED) is 0.699. The molecule has 0 N–H and O–H groups in total. The Morgan fingerprint density at radius 1 is 1.32 bits per heavy atom. The first-order valence-electron chi connectivity index (χ1n) is 6.84. The first-order chi connectivity index (χ1) is 10.8. The molecule has 0 bridgehead atoms. The van der Waals surface area contributed by atoms with Gasteiger partial charge in [0, 0.05) is 26.3 Å². The molecule has 3 rings (SSSR count). The van der Waals surface area contributed by atoms with E-state index in [4.69, 9.17) is 20.9 Å². The highest BCUT2D eigenvalue weighted by molar-refractivity contribution is 6.30. The Hall–Kier alpha value is -2.18. The highest BCUT2D eigenvalue weighted by atomic mass is 35.5. The van der Waals surface area contributed by atoms with Gasteiger partial charge in [-0.1, -0.05) is 47.1 Å². The zero-order valence-electron chi connectivity index (χ0n) is 12.0. The molecule has 114 valence electrons. The standard InChI is InChI=1S/C15H15ClN4O2/c1-21-14(11-5-3-2-4-6-11)15-18-13(22-19-15)7-8-20-10-12(16)9-17-20/h2-6,9-10,14H,7-8H2,1H3. The molecule has 6 nitrogen and oxygen atoms in total. The number of rotatable bonds is 6. The van der Waals surface area contributed by atoms with Crippen LogP contribution in [0.5, 0.6) is 0 Å². The number of benzene rings is 1. The fourth-order valence-electron chi connectivity index (χ4n) is 2.17. The molecule has 0 aliphatic heterocycles. The Balaban J connectivity index is 1.69. The predicted molar refractivity (Wildman–Crippen MR) is 80.5 cm³/mol. The Labute approximate surface area is 132 Å². The van der Waals surface area contributed by atoms with Crippen LogP contribution in [0.1, 0.15) is 23.4 Å². The van der Waals surface area contributed by atoms with E-state index in [1.54, 1.807) is 24.2 Å². The summed E-state index contributed by atoms with van der Waals surface area (Å²) in [6.07, 6.45) is 3.59. The van der Waals surface area contributed by atoms with Crippen LogP contribution < -0.4 is 0 Å². The van der Waals surface area contributed by atoms with Crippen molar-refractivity contribution in [2.75, 3.05) is 7.11 Å². The molecule has 0 spiro atoms. The molecule has 0 aliphatic rings. The van der Waals surface area contributed by atoms with E-state index in [0.717, 1.165) is 5.56 Å². The molecule has 0 saturated carbocycles. The van der Waals surface area contributed by atoms with Crippen LogP contribution in [0, 0.1) is 0 Å². The summed E-state index contributed by atoms with van der Waals surface area (Å²) in [5.41, 5.74) is 0.983. The lowest BCUT2D eigenvalue weighted by Crippen LogP contribution is -2.06. The third-order valence-electron chi connectivity index (χ3n) is 3.21. The minimum Gasteiger partial charge on any atom is -0.369 e. The average Bonchev–Trinajstić information content (AvgIpc) is 3.16. The summed E-state index contributed by atoms with van der Waals surface area (Å²) in [4.78, 5) is 4.40. The fraction of sp³-hybridized carbons (Fsp3) is 0.267. The van der Waals surface area contributed by atoms with Gasteiger partial charge in [0.15, 0.2) is 0 Å². The maximum atomic E-state index is 5.82. The Bertz CT molecular complexity index is 726. The smallest absolute Gasteiger partial charge is 0.228 e. The van der Waals surface area contributed by atoms with Gasteiger partial charge in [-0.3, -0.25) is 4.68 Å². The highest BCUT2D eigenvalue weighted by Gasteiger charge is 2.19. The van der Waals surface area contributed by atoms with E-state index in [9.17, 15) is 0 Å². The third-order valence-corrected chi connectivity index (χ3v) is 3.41. The largest absolute Gasteiger partial charge is 0.369 e. The maximum Gasteiger partial charge on any atom is 0.228 e. The van der Waals surface area contributed by atoms with E-state index in [1.807, 2.05) is 30.3 Å². The van der Waals surface area contributed by atoms with Crippen molar-refractivity contribution in [2.24, 2.45) is 0 Å². The van der Waals surface area contributed by atoms with E-state index in [-0.39, 0.29) is 6.10 Å². The Kier molecular flexibility index (Phi) is 4.50. The first kappa shape index (κ1) is 14.7. The lowest BCUT2D eigenvalue weighted by Gasteiger charge is -2.10. The van der Waals surface area contributed by atoms with E-state index in [0.29, 0.717) is 29.7 Å². The maximum absolute atomic E-state index is 5.82. The van der Waals surface area contributed by atoms with Gasteiger partial charge in [-0.2, -0.15) is 10.1 Å². The van der Waals surface area contributed by atoms with Crippen LogP contribution in [0.3, 0.4) is 0 Å². The highest BCUT2D eigenvalue weighted by Crippen LogP contribution is 2.22. The van der Waals surface area contributed by atoms with Crippen molar-refractivity contribution in [2.45, 2.75) is 19.1 Å². The van der Waals surface area contributed by atoms with Crippen LogP contribution in [-0.4, -0.2) is 27.0 Å². The molecule has 1 atom stereocenters. The minimum absolute atomic E-state index is 0.335. The molecule has 1 unspecified atom stereocenters. The van der Waals surface area contributed by atoms with Crippen molar-refractivity contribution < 1.29 is 9.26 Å². The molecule has 2 aromatic heterocycles. The minimum atomic E-state index is -0.335. The van der Waals surface area contributed by atoms with Crippen molar-refractivity contribution in [3.63, 3.8) is 0 Å². The monoisotopic (exact) mass is 318 g/mol. The summed E-state index contributed by atoms with van der Waals surface area (Å²) in [5, 5.41) is 8.73. The summed E-state index contributed by atoms with van der Waals surface area (Å²) in [5.74, 6) is 1.06. The van der Waals surface area contributed by atoms with Gasteiger partial charge in [0.05, 0.1) is 11.2 Å². The van der Waals surface area contributed by atoms with Gasteiger partial charge in [-0.25, -0.2) is 0 Å². The van der Waals surface area contributed by atoms with Crippen molar-refractivity contribution in [3.05, 3.63) is 65.0 Å². The van der Waals surface area contributed by atoms with Crippen LogP contribution in [-0.2, 0) is 17.7 Å². The molecular weight excluding hydrogens is 304 g/mol. The van der Waals surface area contributed by atoms with Crippen molar-refractivity contribution in [1.29, 1.82) is 0 Å². The molecule has 0 aliphatic carbocycles. The number of aryl methyl sites for hydroxylation is 2. The summed E-state index contributed by atoms with van der Waals surface area (Å²) >= 11 is 5.82. The normalized spacial score (nSPS) is 12.5. The summed E-state index contributed by atoms with van der Waals surface area (Å²) < 4.78 is 12.5. The second-order valence-electron chi connectivity index (χ2n) is 4.74. The predicted octanol–water partition coefficient (Wildman–Crippen LogP) is 2.90. The zero-order valence-corrected chi connectivity index (χ0v) is 12.8. The van der Waals surface area contributed by atoms with Gasteiger partial charge in [0.2, 0.25) is 11.7 Å². The molecule has 0 amide bonds. The number of methoxy groups -OCH3 is 1. The van der Waals surface area contributed by atoms with Crippen molar-refractivity contribution >= 4 is 11.6 Å². The topological polar surface area (TPSA) is 66.0 Å². The van der Waals surface area contributed by atoms with Gasteiger partial charge in [-0.15, -0.1) is 0 Å². The fourth-order valence-corrected chi connectivity index (χ4v) is 2.32. The van der Waals surface area contributed by atoms with E-state index in [1.165, 1.54) is 0 Å². The molecular formula is C15H15ClN4O2.